The van der Waals surface area contributed by atoms with E-state index in [0.717, 1.165) is 17.7 Å². The van der Waals surface area contributed by atoms with Gasteiger partial charge in [-0.2, -0.15) is 13.2 Å². The molecule has 0 aliphatic heterocycles. The summed E-state index contributed by atoms with van der Waals surface area (Å²) in [6.07, 6.45) is -2.22. The van der Waals surface area contributed by atoms with Crippen LogP contribution in [-0.4, -0.2) is 17.0 Å². The van der Waals surface area contributed by atoms with Crippen molar-refractivity contribution in [2.24, 2.45) is 11.8 Å². The SMILES string of the molecule is CC1=CC[C@@H](C(=O)O)[C@H](C(=O)Nc2cccc(C(F)(F)F)c2)C1. The van der Waals surface area contributed by atoms with Gasteiger partial charge in [-0.1, -0.05) is 17.7 Å². The summed E-state index contributed by atoms with van der Waals surface area (Å²) in [5.41, 5.74) is 0.0256. The second kappa shape index (κ2) is 6.44. The maximum atomic E-state index is 12.7. The monoisotopic (exact) mass is 327 g/mol. The fourth-order valence-corrected chi connectivity index (χ4v) is 2.62. The van der Waals surface area contributed by atoms with Gasteiger partial charge in [0.1, 0.15) is 0 Å². The number of allylic oxidation sites excluding steroid dienone is 2. The first-order chi connectivity index (χ1) is 10.7. The van der Waals surface area contributed by atoms with E-state index in [-0.39, 0.29) is 18.5 Å². The van der Waals surface area contributed by atoms with Gasteiger partial charge in [-0.05, 0) is 38.0 Å². The largest absolute Gasteiger partial charge is 0.481 e. The van der Waals surface area contributed by atoms with Gasteiger partial charge in [0.25, 0.3) is 0 Å². The van der Waals surface area contributed by atoms with Crippen molar-refractivity contribution in [1.82, 2.24) is 0 Å². The molecule has 23 heavy (non-hydrogen) atoms. The summed E-state index contributed by atoms with van der Waals surface area (Å²) in [5, 5.41) is 11.6. The Morgan fingerprint density at radius 2 is 1.96 bits per heavy atom. The summed E-state index contributed by atoms with van der Waals surface area (Å²) in [5.74, 6) is -3.33. The molecule has 1 aliphatic rings. The van der Waals surface area contributed by atoms with E-state index in [4.69, 9.17) is 0 Å². The highest BCUT2D eigenvalue weighted by Gasteiger charge is 2.36. The number of carboxylic acid groups (broad SMARTS) is 1. The molecule has 4 nitrogen and oxygen atoms in total. The fraction of sp³-hybridized carbons (Fsp3) is 0.375. The van der Waals surface area contributed by atoms with E-state index in [0.29, 0.717) is 0 Å². The molecule has 124 valence electrons. The standard InChI is InChI=1S/C16H16F3NO3/c1-9-5-6-12(15(22)23)13(7-9)14(21)20-11-4-2-3-10(8-11)16(17,18)19/h2-5,8,12-13H,6-7H2,1H3,(H,20,21)(H,22,23)/t12-,13-/m1/s1. The Kier molecular flexibility index (Phi) is 4.77. The maximum Gasteiger partial charge on any atom is 0.416 e. The first-order valence-corrected chi connectivity index (χ1v) is 7.05. The number of benzene rings is 1. The van der Waals surface area contributed by atoms with Crippen molar-refractivity contribution in [3.8, 4) is 0 Å². The van der Waals surface area contributed by atoms with Gasteiger partial charge in [0.2, 0.25) is 5.91 Å². The van der Waals surface area contributed by atoms with Gasteiger partial charge >= 0.3 is 12.1 Å². The summed E-state index contributed by atoms with van der Waals surface area (Å²) in [6.45, 7) is 1.79. The Morgan fingerprint density at radius 1 is 1.26 bits per heavy atom. The third kappa shape index (κ3) is 4.12. The Balaban J connectivity index is 2.18. The minimum atomic E-state index is -4.51. The third-order valence-corrected chi connectivity index (χ3v) is 3.86. The average Bonchev–Trinajstić information content (AvgIpc) is 2.46. The minimum absolute atomic E-state index is 0.00108. The van der Waals surface area contributed by atoms with Crippen LogP contribution in [0.1, 0.15) is 25.3 Å². The van der Waals surface area contributed by atoms with Gasteiger partial charge in [0.15, 0.2) is 0 Å². The molecule has 2 N–H and O–H groups in total. The fourth-order valence-electron chi connectivity index (χ4n) is 2.62. The Bertz CT molecular complexity index is 652. The number of carbonyl (C=O) groups is 2. The average molecular weight is 327 g/mol. The summed E-state index contributed by atoms with van der Waals surface area (Å²) in [4.78, 5) is 23.6. The van der Waals surface area contributed by atoms with Crippen LogP contribution in [0.25, 0.3) is 0 Å². The molecule has 1 aliphatic carbocycles. The molecular weight excluding hydrogens is 311 g/mol. The molecule has 0 fully saturated rings. The highest BCUT2D eigenvalue weighted by Crippen LogP contribution is 2.33. The van der Waals surface area contributed by atoms with Gasteiger partial charge in [-0.25, -0.2) is 0 Å². The predicted octanol–water partition coefficient (Wildman–Crippen LogP) is 3.70. The van der Waals surface area contributed by atoms with Gasteiger partial charge in [-0.15, -0.1) is 0 Å². The van der Waals surface area contributed by atoms with Crippen LogP contribution in [0.15, 0.2) is 35.9 Å². The van der Waals surface area contributed by atoms with Gasteiger partial charge in [0, 0.05) is 5.69 Å². The van der Waals surface area contributed by atoms with Crippen LogP contribution in [0.3, 0.4) is 0 Å². The number of hydrogen-bond donors (Lipinski definition) is 2. The smallest absolute Gasteiger partial charge is 0.416 e. The number of amides is 1. The van der Waals surface area contributed by atoms with Crippen molar-refractivity contribution in [3.63, 3.8) is 0 Å². The number of halogens is 3. The topological polar surface area (TPSA) is 66.4 Å². The zero-order valence-electron chi connectivity index (χ0n) is 12.4. The van der Waals surface area contributed by atoms with Crippen LogP contribution in [0.4, 0.5) is 18.9 Å². The molecule has 0 bridgehead atoms. The number of carboxylic acids is 1. The number of alkyl halides is 3. The first-order valence-electron chi connectivity index (χ1n) is 7.05. The number of rotatable bonds is 3. The number of nitrogens with one attached hydrogen (secondary N) is 1. The van der Waals surface area contributed by atoms with Crippen LogP contribution in [0, 0.1) is 11.8 Å². The first kappa shape index (κ1) is 17.1. The second-order valence-corrected chi connectivity index (χ2v) is 5.61. The minimum Gasteiger partial charge on any atom is -0.481 e. The van der Waals surface area contributed by atoms with Crippen molar-refractivity contribution >= 4 is 17.6 Å². The molecule has 2 rings (SSSR count). The van der Waals surface area contributed by atoms with Gasteiger partial charge in [0.05, 0.1) is 17.4 Å². The summed E-state index contributed by atoms with van der Waals surface area (Å²) in [7, 11) is 0. The van der Waals surface area contributed by atoms with Crippen molar-refractivity contribution < 1.29 is 27.9 Å². The van der Waals surface area contributed by atoms with Gasteiger partial charge in [-0.3, -0.25) is 9.59 Å². The van der Waals surface area contributed by atoms with Crippen LogP contribution in [0.5, 0.6) is 0 Å². The van der Waals surface area contributed by atoms with Crippen molar-refractivity contribution in [2.75, 3.05) is 5.32 Å². The van der Waals surface area contributed by atoms with Crippen LogP contribution >= 0.6 is 0 Å². The number of hydrogen-bond acceptors (Lipinski definition) is 2. The van der Waals surface area contributed by atoms with Crippen molar-refractivity contribution in [2.45, 2.75) is 25.9 Å². The zero-order chi connectivity index (χ0) is 17.2. The Labute approximate surface area is 131 Å². The molecule has 1 aromatic carbocycles. The van der Waals surface area contributed by atoms with E-state index in [2.05, 4.69) is 5.32 Å². The predicted molar refractivity (Wildman–Crippen MR) is 77.7 cm³/mol. The zero-order valence-corrected chi connectivity index (χ0v) is 12.4. The number of aliphatic carboxylic acids is 1. The second-order valence-electron chi connectivity index (χ2n) is 5.61. The maximum absolute atomic E-state index is 12.7. The van der Waals surface area contributed by atoms with Crippen molar-refractivity contribution in [3.05, 3.63) is 41.5 Å². The summed E-state index contributed by atoms with van der Waals surface area (Å²) >= 11 is 0. The third-order valence-electron chi connectivity index (χ3n) is 3.86. The Hall–Kier alpha value is -2.31. The lowest BCUT2D eigenvalue weighted by atomic mass is 9.79. The van der Waals surface area contributed by atoms with E-state index in [1.165, 1.54) is 12.1 Å². The highest BCUT2D eigenvalue weighted by atomic mass is 19.4. The van der Waals surface area contributed by atoms with E-state index in [1.54, 1.807) is 13.0 Å². The molecule has 0 saturated heterocycles. The van der Waals surface area contributed by atoms with Crippen molar-refractivity contribution in [1.29, 1.82) is 0 Å². The summed E-state index contributed by atoms with van der Waals surface area (Å²) in [6, 6.07) is 4.27. The molecular formula is C16H16F3NO3. The van der Waals surface area contributed by atoms with E-state index < -0.39 is 35.5 Å². The lowest BCUT2D eigenvalue weighted by Gasteiger charge is -2.26. The molecule has 0 aromatic heterocycles. The molecule has 2 atom stereocenters. The number of anilines is 1. The molecule has 0 radical (unpaired) electrons. The Morgan fingerprint density at radius 3 is 2.57 bits per heavy atom. The number of carbonyl (C=O) groups excluding carboxylic acids is 1. The molecule has 0 unspecified atom stereocenters. The van der Waals surface area contributed by atoms with Crippen LogP contribution in [-0.2, 0) is 15.8 Å². The van der Waals surface area contributed by atoms with E-state index in [1.807, 2.05) is 0 Å². The molecule has 7 heteroatoms. The highest BCUT2D eigenvalue weighted by molar-refractivity contribution is 5.95. The van der Waals surface area contributed by atoms with E-state index in [9.17, 15) is 27.9 Å². The quantitative estimate of drug-likeness (QED) is 0.832. The van der Waals surface area contributed by atoms with Gasteiger partial charge < -0.3 is 10.4 Å². The van der Waals surface area contributed by atoms with E-state index >= 15 is 0 Å². The molecule has 1 amide bonds. The van der Waals surface area contributed by atoms with Crippen LogP contribution < -0.4 is 5.32 Å². The van der Waals surface area contributed by atoms with Crippen LogP contribution in [0.2, 0.25) is 0 Å². The molecule has 0 saturated carbocycles. The lowest BCUT2D eigenvalue weighted by molar-refractivity contribution is -0.146. The normalized spacial score (nSPS) is 21.5. The summed E-state index contributed by atoms with van der Waals surface area (Å²) < 4.78 is 38.0. The lowest BCUT2D eigenvalue weighted by Crippen LogP contribution is -2.35. The molecule has 0 spiro atoms. The molecule has 0 heterocycles. The molecule has 1 aromatic rings.